The fourth-order valence-electron chi connectivity index (χ4n) is 4.88. The van der Waals surface area contributed by atoms with Crippen LogP contribution in [0.2, 0.25) is 0 Å². The second-order valence-corrected chi connectivity index (χ2v) is 14.3. The SMILES string of the molecule is CCCCCCCCCCCC(CCC)S(=O)(=O)[O-].CCCCCCCCCCCC(CCC)S(=O)(=O)[O-].[Ba+2]. The first kappa shape index (κ1) is 44.8. The number of hydrogen-bond acceptors (Lipinski definition) is 6. The van der Waals surface area contributed by atoms with Gasteiger partial charge in [0.15, 0.2) is 0 Å². The minimum Gasteiger partial charge on any atom is -0.748 e. The smallest absolute Gasteiger partial charge is 0.748 e. The number of unbranched alkanes of at least 4 members (excludes halogenated alkanes) is 16. The van der Waals surface area contributed by atoms with Crippen LogP contribution in [0.3, 0.4) is 0 Å². The van der Waals surface area contributed by atoms with Crippen LogP contribution in [-0.2, 0) is 20.2 Å². The summed E-state index contributed by atoms with van der Waals surface area (Å²) in [5.41, 5.74) is 0. The fourth-order valence-corrected chi connectivity index (χ4v) is 6.83. The van der Waals surface area contributed by atoms with E-state index < -0.39 is 30.7 Å². The number of hydrogen-bond donors (Lipinski definition) is 0. The Morgan fingerprint density at radius 2 is 0.615 bits per heavy atom. The molecule has 0 aromatic carbocycles. The van der Waals surface area contributed by atoms with Gasteiger partial charge in [-0.25, -0.2) is 16.8 Å². The molecule has 0 saturated heterocycles. The minimum absolute atomic E-state index is 0. The van der Waals surface area contributed by atoms with Gasteiger partial charge in [0, 0.05) is 10.5 Å². The van der Waals surface area contributed by atoms with E-state index in [1.165, 1.54) is 89.9 Å². The predicted molar refractivity (Wildman–Crippen MR) is 166 cm³/mol. The van der Waals surface area contributed by atoms with Gasteiger partial charge < -0.3 is 9.11 Å². The molecular weight excluding hydrogens is 658 g/mol. The van der Waals surface area contributed by atoms with Crippen molar-refractivity contribution >= 4 is 69.1 Å². The zero-order valence-electron chi connectivity index (χ0n) is 26.1. The quantitative estimate of drug-likeness (QED) is 0.0501. The van der Waals surface area contributed by atoms with Gasteiger partial charge in [-0.1, -0.05) is 156 Å². The Kier molecular flexibility index (Phi) is 35.4. The zero-order chi connectivity index (χ0) is 29.1. The van der Waals surface area contributed by atoms with Crippen LogP contribution in [0.4, 0.5) is 0 Å². The van der Waals surface area contributed by atoms with Crippen LogP contribution in [-0.4, -0.2) is 85.3 Å². The molecule has 0 heterocycles. The summed E-state index contributed by atoms with van der Waals surface area (Å²) in [4.78, 5) is 0. The van der Waals surface area contributed by atoms with Gasteiger partial charge in [-0.15, -0.1) is 0 Å². The van der Waals surface area contributed by atoms with Crippen LogP contribution in [0.25, 0.3) is 0 Å². The Labute approximate surface area is 284 Å². The molecule has 2 atom stereocenters. The van der Waals surface area contributed by atoms with E-state index in [1.807, 2.05) is 13.8 Å². The van der Waals surface area contributed by atoms with Crippen molar-refractivity contribution in [2.45, 2.75) is 192 Å². The Morgan fingerprint density at radius 1 is 0.385 bits per heavy atom. The van der Waals surface area contributed by atoms with Gasteiger partial charge in [-0.05, 0) is 25.7 Å². The van der Waals surface area contributed by atoms with E-state index in [0.717, 1.165) is 38.5 Å². The van der Waals surface area contributed by atoms with E-state index in [2.05, 4.69) is 13.8 Å². The largest absolute Gasteiger partial charge is 2.00 e. The second-order valence-electron chi connectivity index (χ2n) is 11.0. The molecular formula is C30H62BaO6S2. The van der Waals surface area contributed by atoms with Gasteiger partial charge in [-0.3, -0.25) is 0 Å². The van der Waals surface area contributed by atoms with Crippen molar-refractivity contribution in [1.82, 2.24) is 0 Å². The van der Waals surface area contributed by atoms with Gasteiger partial charge in [0.05, 0.1) is 20.2 Å². The second kappa shape index (κ2) is 30.8. The van der Waals surface area contributed by atoms with E-state index in [-0.39, 0.29) is 48.9 Å². The molecule has 0 aliphatic heterocycles. The van der Waals surface area contributed by atoms with E-state index in [0.29, 0.717) is 25.7 Å². The van der Waals surface area contributed by atoms with Gasteiger partial charge in [0.25, 0.3) is 0 Å². The first-order chi connectivity index (χ1) is 18.0. The molecule has 0 bridgehead atoms. The molecule has 0 aromatic heterocycles. The Bertz CT molecular complexity index is 638. The molecule has 0 fully saturated rings. The van der Waals surface area contributed by atoms with E-state index in [1.54, 1.807) is 0 Å². The summed E-state index contributed by atoms with van der Waals surface area (Å²) in [5.74, 6) is 0. The summed E-state index contributed by atoms with van der Waals surface area (Å²) < 4.78 is 66.2. The minimum atomic E-state index is -4.08. The molecule has 232 valence electrons. The molecule has 0 aromatic rings. The molecule has 0 saturated carbocycles. The first-order valence-corrected chi connectivity index (χ1v) is 18.9. The molecule has 0 aliphatic rings. The van der Waals surface area contributed by atoms with Crippen molar-refractivity contribution in [1.29, 1.82) is 0 Å². The zero-order valence-corrected chi connectivity index (χ0v) is 32.2. The normalized spacial score (nSPS) is 13.3. The third-order valence-electron chi connectivity index (χ3n) is 7.30. The van der Waals surface area contributed by atoms with Gasteiger partial charge in [0.1, 0.15) is 0 Å². The van der Waals surface area contributed by atoms with Crippen LogP contribution in [0.15, 0.2) is 0 Å². The summed E-state index contributed by atoms with van der Waals surface area (Å²) in [5, 5.41) is -1.30. The maximum atomic E-state index is 11.0. The van der Waals surface area contributed by atoms with Crippen molar-refractivity contribution in [3.05, 3.63) is 0 Å². The summed E-state index contributed by atoms with van der Waals surface area (Å²) in [7, 11) is -8.17. The van der Waals surface area contributed by atoms with Gasteiger partial charge in [-0.2, -0.15) is 0 Å². The van der Waals surface area contributed by atoms with E-state index in [4.69, 9.17) is 0 Å². The van der Waals surface area contributed by atoms with Gasteiger partial charge >= 0.3 is 48.9 Å². The first-order valence-electron chi connectivity index (χ1n) is 15.9. The van der Waals surface area contributed by atoms with Crippen LogP contribution < -0.4 is 0 Å². The third-order valence-corrected chi connectivity index (χ3v) is 9.87. The Morgan fingerprint density at radius 3 is 0.821 bits per heavy atom. The average molecular weight is 720 g/mol. The maximum Gasteiger partial charge on any atom is 2.00 e. The van der Waals surface area contributed by atoms with Crippen LogP contribution >= 0.6 is 0 Å². The topological polar surface area (TPSA) is 114 Å². The van der Waals surface area contributed by atoms with E-state index >= 15 is 0 Å². The maximum absolute atomic E-state index is 11.0. The summed E-state index contributed by atoms with van der Waals surface area (Å²) in [6, 6.07) is 0. The van der Waals surface area contributed by atoms with Crippen LogP contribution in [0.5, 0.6) is 0 Å². The Balaban J connectivity index is -0.000000648. The van der Waals surface area contributed by atoms with E-state index in [9.17, 15) is 25.9 Å². The molecule has 9 heteroatoms. The van der Waals surface area contributed by atoms with Crippen molar-refractivity contribution in [2.75, 3.05) is 0 Å². The third kappa shape index (κ3) is 32.1. The van der Waals surface area contributed by atoms with Crippen molar-refractivity contribution < 1.29 is 25.9 Å². The molecule has 0 amide bonds. The molecule has 0 N–H and O–H groups in total. The summed E-state index contributed by atoms with van der Waals surface area (Å²) in [6.07, 6.45) is 25.5. The molecule has 0 spiro atoms. The summed E-state index contributed by atoms with van der Waals surface area (Å²) >= 11 is 0. The molecule has 6 nitrogen and oxygen atoms in total. The monoisotopic (exact) mass is 720 g/mol. The van der Waals surface area contributed by atoms with Crippen LogP contribution in [0.1, 0.15) is 182 Å². The molecule has 2 unspecified atom stereocenters. The number of rotatable bonds is 26. The van der Waals surface area contributed by atoms with Gasteiger partial charge in [0.2, 0.25) is 0 Å². The molecule has 0 radical (unpaired) electrons. The van der Waals surface area contributed by atoms with Crippen molar-refractivity contribution in [3.63, 3.8) is 0 Å². The fraction of sp³-hybridized carbons (Fsp3) is 1.00. The standard InChI is InChI=1S/2C15H32O3S.Ba/c2*1-3-5-6-7-8-9-10-11-12-14-15(13-4-2)19(16,17)18;/h2*15H,3-14H2,1-2H3,(H,16,17,18);/q;;+2/p-2. The summed E-state index contributed by atoms with van der Waals surface area (Å²) in [6.45, 7) is 8.29. The predicted octanol–water partition coefficient (Wildman–Crippen LogP) is 8.86. The molecule has 0 aliphatic carbocycles. The molecule has 0 rings (SSSR count). The average Bonchev–Trinajstić information content (AvgIpc) is 2.84. The van der Waals surface area contributed by atoms with Crippen molar-refractivity contribution in [3.8, 4) is 0 Å². The molecule has 39 heavy (non-hydrogen) atoms. The van der Waals surface area contributed by atoms with Crippen LogP contribution in [0, 0.1) is 0 Å². The van der Waals surface area contributed by atoms with Crippen molar-refractivity contribution in [2.24, 2.45) is 0 Å². The Hall–Kier alpha value is 1.39.